The van der Waals surface area contributed by atoms with Crippen LogP contribution in [0.2, 0.25) is 0 Å². The smallest absolute Gasteiger partial charge is 0.268 e. The second-order valence-electron chi connectivity index (χ2n) is 4.41. The van der Waals surface area contributed by atoms with Gasteiger partial charge in [0.25, 0.3) is 5.91 Å². The van der Waals surface area contributed by atoms with Crippen LogP contribution in [0.1, 0.15) is 0 Å². The minimum absolute atomic E-state index is 0.207. The van der Waals surface area contributed by atoms with Gasteiger partial charge in [0.05, 0.1) is 11.3 Å². The number of anilines is 1. The van der Waals surface area contributed by atoms with Crippen molar-refractivity contribution in [1.82, 2.24) is 0 Å². The Kier molecular flexibility index (Phi) is 4.07. The van der Waals surface area contributed by atoms with Crippen LogP contribution in [-0.4, -0.2) is 30.3 Å². The normalized spacial score (nSPS) is 18.6. The zero-order valence-electron chi connectivity index (χ0n) is 11.4. The summed E-state index contributed by atoms with van der Waals surface area (Å²) in [7, 11) is 1.59. The molecule has 0 unspecified atom stereocenters. The maximum atomic E-state index is 12.6. The van der Waals surface area contributed by atoms with E-state index < -0.39 is 0 Å². The van der Waals surface area contributed by atoms with Crippen molar-refractivity contribution in [2.75, 3.05) is 23.5 Å². The summed E-state index contributed by atoms with van der Waals surface area (Å²) in [5, 5.41) is 0. The third-order valence-corrected chi connectivity index (χ3v) is 5.87. The van der Waals surface area contributed by atoms with Gasteiger partial charge in [0.1, 0.15) is 11.3 Å². The molecule has 0 spiro atoms. The summed E-state index contributed by atoms with van der Waals surface area (Å²) in [6.07, 6.45) is 2.98. The fourth-order valence-electron chi connectivity index (χ4n) is 2.11. The summed E-state index contributed by atoms with van der Waals surface area (Å²) in [5.74, 6) is 2.14. The van der Waals surface area contributed by atoms with Crippen molar-refractivity contribution in [3.05, 3.63) is 46.4 Å². The van der Waals surface area contributed by atoms with Crippen LogP contribution in [0.15, 0.2) is 46.4 Å². The number of hydrogen-bond acceptors (Lipinski definition) is 5. The molecular formula is C15H13NO3S2. The van der Waals surface area contributed by atoms with Crippen LogP contribution >= 0.6 is 23.5 Å². The van der Waals surface area contributed by atoms with Crippen LogP contribution in [0.5, 0.6) is 5.75 Å². The number of ketones is 1. The molecule has 2 aliphatic heterocycles. The summed E-state index contributed by atoms with van der Waals surface area (Å²) >= 11 is 3.16. The van der Waals surface area contributed by atoms with Crippen LogP contribution in [-0.2, 0) is 9.59 Å². The van der Waals surface area contributed by atoms with Crippen LogP contribution in [0.4, 0.5) is 5.69 Å². The van der Waals surface area contributed by atoms with Crippen molar-refractivity contribution in [1.29, 1.82) is 0 Å². The molecule has 0 radical (unpaired) electrons. The summed E-state index contributed by atoms with van der Waals surface area (Å²) in [6, 6.07) is 7.18. The van der Waals surface area contributed by atoms with Crippen LogP contribution in [0.25, 0.3) is 0 Å². The van der Waals surface area contributed by atoms with E-state index in [9.17, 15) is 9.59 Å². The van der Waals surface area contributed by atoms with Gasteiger partial charge in [0.2, 0.25) is 0 Å². The van der Waals surface area contributed by atoms with Crippen LogP contribution in [0, 0.1) is 0 Å². The predicted molar refractivity (Wildman–Crippen MR) is 86.6 cm³/mol. The zero-order chi connectivity index (χ0) is 14.8. The number of ether oxygens (including phenoxy) is 1. The Bertz CT molecular complexity index is 641. The summed E-state index contributed by atoms with van der Waals surface area (Å²) in [5.41, 5.74) is 1.01. The Morgan fingerprint density at radius 1 is 1.10 bits per heavy atom. The van der Waals surface area contributed by atoms with Gasteiger partial charge in [-0.25, -0.2) is 0 Å². The molecule has 0 N–H and O–H groups in total. The van der Waals surface area contributed by atoms with Crippen molar-refractivity contribution < 1.29 is 14.3 Å². The van der Waals surface area contributed by atoms with E-state index in [1.807, 2.05) is 0 Å². The van der Waals surface area contributed by atoms with E-state index in [0.717, 1.165) is 27.2 Å². The monoisotopic (exact) mass is 319 g/mol. The lowest BCUT2D eigenvalue weighted by Gasteiger charge is -2.23. The van der Waals surface area contributed by atoms with Crippen molar-refractivity contribution in [3.8, 4) is 5.75 Å². The third-order valence-electron chi connectivity index (χ3n) is 3.16. The number of benzene rings is 1. The van der Waals surface area contributed by atoms with Gasteiger partial charge in [-0.3, -0.25) is 14.5 Å². The molecule has 2 heterocycles. The average Bonchev–Trinajstić information content (AvgIpc) is 3.02. The number of thioether (sulfide) groups is 2. The topological polar surface area (TPSA) is 46.6 Å². The standard InChI is InChI=1S/C15H13NO3S2/c1-19-11-4-2-10(3-5-11)16-7-6-12(17)13(14(16)18)15-20-8-9-21-15/h2-7H,8-9H2,1H3. The minimum Gasteiger partial charge on any atom is -0.497 e. The van der Waals surface area contributed by atoms with E-state index in [0.29, 0.717) is 5.57 Å². The molecule has 0 aliphatic carbocycles. The number of nitrogens with zero attached hydrogens (tertiary/aromatic N) is 1. The van der Waals surface area contributed by atoms with Crippen LogP contribution in [0.3, 0.4) is 0 Å². The van der Waals surface area contributed by atoms with Gasteiger partial charge in [0.15, 0.2) is 5.78 Å². The van der Waals surface area contributed by atoms with E-state index in [1.165, 1.54) is 17.2 Å². The Morgan fingerprint density at radius 3 is 2.38 bits per heavy atom. The summed E-state index contributed by atoms with van der Waals surface area (Å²) in [4.78, 5) is 26.1. The maximum absolute atomic E-state index is 12.6. The van der Waals surface area contributed by atoms with Gasteiger partial charge < -0.3 is 4.74 Å². The van der Waals surface area contributed by atoms with Gasteiger partial charge in [-0.05, 0) is 24.3 Å². The first-order valence-electron chi connectivity index (χ1n) is 6.41. The maximum Gasteiger partial charge on any atom is 0.268 e. The lowest BCUT2D eigenvalue weighted by molar-refractivity contribution is -0.119. The Hall–Kier alpha value is -1.66. The SMILES string of the molecule is COc1ccc(N2C=CC(=O)C(=C3SCCS3)C2=O)cc1. The van der Waals surface area contributed by atoms with Gasteiger partial charge in [0, 0.05) is 29.5 Å². The predicted octanol–water partition coefficient (Wildman–Crippen LogP) is 2.82. The molecule has 0 aromatic heterocycles. The highest BCUT2D eigenvalue weighted by molar-refractivity contribution is 8.25. The molecule has 1 amide bonds. The second kappa shape index (κ2) is 5.99. The zero-order valence-corrected chi connectivity index (χ0v) is 13.0. The highest BCUT2D eigenvalue weighted by Gasteiger charge is 2.31. The molecule has 1 fully saturated rings. The number of allylic oxidation sites excluding steroid dienone is 1. The molecule has 4 nitrogen and oxygen atoms in total. The summed E-state index contributed by atoms with van der Waals surface area (Å²) < 4.78 is 5.95. The van der Waals surface area contributed by atoms with Crippen LogP contribution < -0.4 is 9.64 Å². The van der Waals surface area contributed by atoms with Crippen molar-refractivity contribution in [2.45, 2.75) is 0 Å². The summed E-state index contributed by atoms with van der Waals surface area (Å²) in [6.45, 7) is 0. The van der Waals surface area contributed by atoms with Crippen molar-refractivity contribution >= 4 is 40.9 Å². The van der Waals surface area contributed by atoms with E-state index in [1.54, 1.807) is 54.9 Å². The van der Waals surface area contributed by atoms with Crippen molar-refractivity contribution in [3.63, 3.8) is 0 Å². The number of carbonyl (C=O) groups excluding carboxylic acids is 2. The lowest BCUT2D eigenvalue weighted by Crippen LogP contribution is -2.33. The number of rotatable bonds is 2. The number of carbonyl (C=O) groups is 2. The van der Waals surface area contributed by atoms with Gasteiger partial charge in [-0.2, -0.15) is 0 Å². The molecule has 0 bridgehead atoms. The van der Waals surface area contributed by atoms with Crippen molar-refractivity contribution in [2.24, 2.45) is 0 Å². The first-order chi connectivity index (χ1) is 10.2. The molecule has 1 aromatic carbocycles. The van der Waals surface area contributed by atoms with Gasteiger partial charge in [-0.15, -0.1) is 23.5 Å². The van der Waals surface area contributed by atoms with Gasteiger partial charge in [-0.1, -0.05) is 0 Å². The fraction of sp³-hybridized carbons (Fsp3) is 0.200. The molecule has 21 heavy (non-hydrogen) atoms. The Morgan fingerprint density at radius 2 is 1.76 bits per heavy atom. The molecule has 108 valence electrons. The van der Waals surface area contributed by atoms with E-state index in [2.05, 4.69) is 0 Å². The first-order valence-corrected chi connectivity index (χ1v) is 8.38. The molecule has 0 atom stereocenters. The lowest BCUT2D eigenvalue weighted by atomic mass is 10.1. The highest BCUT2D eigenvalue weighted by atomic mass is 32.2. The number of amides is 1. The Balaban J connectivity index is 1.96. The van der Waals surface area contributed by atoms with E-state index >= 15 is 0 Å². The minimum atomic E-state index is -0.260. The van der Waals surface area contributed by atoms with E-state index in [4.69, 9.17) is 4.74 Å². The largest absolute Gasteiger partial charge is 0.497 e. The second-order valence-corrected chi connectivity index (χ2v) is 6.88. The quantitative estimate of drug-likeness (QED) is 0.619. The molecule has 3 rings (SSSR count). The molecular weight excluding hydrogens is 306 g/mol. The highest BCUT2D eigenvalue weighted by Crippen LogP contribution is 2.40. The van der Waals surface area contributed by atoms with E-state index in [-0.39, 0.29) is 11.7 Å². The molecule has 0 saturated carbocycles. The molecule has 6 heteroatoms. The molecule has 2 aliphatic rings. The number of hydrogen-bond donors (Lipinski definition) is 0. The average molecular weight is 319 g/mol. The third kappa shape index (κ3) is 2.73. The molecule has 1 aromatic rings. The fourth-order valence-corrected chi connectivity index (χ4v) is 4.64. The Labute approximate surface area is 131 Å². The first kappa shape index (κ1) is 14.3. The molecule has 1 saturated heterocycles. The van der Waals surface area contributed by atoms with Gasteiger partial charge >= 0.3 is 0 Å². The number of methoxy groups -OCH3 is 1.